The van der Waals surface area contributed by atoms with Crippen molar-refractivity contribution < 1.29 is 4.79 Å². The number of nitrogens with zero attached hydrogens (tertiary/aromatic N) is 1. The predicted molar refractivity (Wildman–Crippen MR) is 69.4 cm³/mol. The molecule has 86 valence electrons. The van der Waals surface area contributed by atoms with Crippen LogP contribution in [0.1, 0.15) is 5.56 Å². The number of thiazole rings is 1. The van der Waals surface area contributed by atoms with E-state index in [1.54, 1.807) is 17.5 Å². The van der Waals surface area contributed by atoms with Gasteiger partial charge in [-0.1, -0.05) is 11.8 Å². The van der Waals surface area contributed by atoms with Crippen LogP contribution in [-0.4, -0.2) is 10.9 Å². The lowest BCUT2D eigenvalue weighted by Gasteiger charge is -2.06. The summed E-state index contributed by atoms with van der Waals surface area (Å²) in [5, 5.41) is 4.74. The van der Waals surface area contributed by atoms with E-state index in [0.29, 0.717) is 12.1 Å². The van der Waals surface area contributed by atoms with Crippen LogP contribution in [0.25, 0.3) is 0 Å². The molecule has 0 radical (unpaired) electrons. The Balaban J connectivity index is 1.96. The van der Waals surface area contributed by atoms with Crippen molar-refractivity contribution >= 4 is 40.4 Å². The molecule has 17 heavy (non-hydrogen) atoms. The summed E-state index contributed by atoms with van der Waals surface area (Å²) in [4.78, 5) is 16.4. The fraction of sp³-hybridized carbons (Fsp3) is 0.0909. The van der Waals surface area contributed by atoms with Gasteiger partial charge in [0.2, 0.25) is 5.91 Å². The van der Waals surface area contributed by atoms with Gasteiger partial charge < -0.3 is 11.1 Å². The van der Waals surface area contributed by atoms with Crippen LogP contribution in [0.5, 0.6) is 0 Å². The van der Waals surface area contributed by atoms with E-state index in [-0.39, 0.29) is 5.91 Å². The molecule has 6 heteroatoms. The van der Waals surface area contributed by atoms with Crippen LogP contribution in [0.4, 0.5) is 11.4 Å². The summed E-state index contributed by atoms with van der Waals surface area (Å²) >= 11 is 3.09. The molecule has 0 saturated heterocycles. The summed E-state index contributed by atoms with van der Waals surface area (Å²) in [6.07, 6.45) is 2.18. The number of benzene rings is 1. The number of nitrogen functional groups attached to an aromatic ring is 1. The predicted octanol–water partition coefficient (Wildman–Crippen LogP) is 2.37. The molecule has 0 fully saturated rings. The molecular formula is C11H9N3OS2. The van der Waals surface area contributed by atoms with Gasteiger partial charge in [0.25, 0.3) is 0 Å². The highest BCUT2D eigenvalue weighted by Gasteiger charge is 2.19. The third kappa shape index (κ3) is 2.01. The van der Waals surface area contributed by atoms with Gasteiger partial charge in [0.15, 0.2) is 4.34 Å². The number of hydrogen-bond acceptors (Lipinski definition) is 5. The maximum Gasteiger partial charge on any atom is 0.228 e. The first kappa shape index (κ1) is 10.6. The Morgan fingerprint density at radius 3 is 3.12 bits per heavy atom. The maximum absolute atomic E-state index is 11.3. The number of rotatable bonds is 2. The molecule has 0 unspecified atom stereocenters. The summed E-state index contributed by atoms with van der Waals surface area (Å²) < 4.78 is 0.945. The van der Waals surface area contributed by atoms with Crippen LogP contribution in [0.15, 0.2) is 32.9 Å². The monoisotopic (exact) mass is 263 g/mol. The summed E-state index contributed by atoms with van der Waals surface area (Å²) in [5.74, 6) is 0.0239. The van der Waals surface area contributed by atoms with E-state index in [9.17, 15) is 4.79 Å². The first-order valence-corrected chi connectivity index (χ1v) is 6.71. The van der Waals surface area contributed by atoms with E-state index in [4.69, 9.17) is 5.73 Å². The van der Waals surface area contributed by atoms with E-state index < -0.39 is 0 Å². The molecule has 3 rings (SSSR count). The molecule has 4 nitrogen and oxygen atoms in total. The number of amides is 1. The molecule has 0 aliphatic carbocycles. The Bertz CT molecular complexity index is 581. The van der Waals surface area contributed by atoms with E-state index in [0.717, 1.165) is 20.5 Å². The van der Waals surface area contributed by atoms with Crippen molar-refractivity contribution in [2.75, 3.05) is 11.1 Å². The average Bonchev–Trinajstić information content (AvgIpc) is 2.87. The van der Waals surface area contributed by atoms with Gasteiger partial charge in [-0.25, -0.2) is 4.98 Å². The van der Waals surface area contributed by atoms with Gasteiger partial charge in [-0.15, -0.1) is 11.3 Å². The second-order valence-electron chi connectivity index (χ2n) is 3.67. The molecule has 1 aromatic heterocycles. The van der Waals surface area contributed by atoms with Crippen molar-refractivity contribution in [3.05, 3.63) is 29.3 Å². The molecule has 0 atom stereocenters. The number of nitrogens with one attached hydrogen (secondary N) is 1. The number of carbonyl (C=O) groups excluding carboxylic acids is 1. The van der Waals surface area contributed by atoms with E-state index >= 15 is 0 Å². The fourth-order valence-electron chi connectivity index (χ4n) is 1.72. The highest BCUT2D eigenvalue weighted by atomic mass is 32.2. The van der Waals surface area contributed by atoms with Crippen LogP contribution in [-0.2, 0) is 11.2 Å². The lowest BCUT2D eigenvalue weighted by Crippen LogP contribution is -2.03. The minimum absolute atomic E-state index is 0.0239. The zero-order valence-electron chi connectivity index (χ0n) is 8.77. The third-order valence-electron chi connectivity index (χ3n) is 2.47. The average molecular weight is 263 g/mol. The fourth-order valence-corrected chi connectivity index (χ4v) is 3.36. The van der Waals surface area contributed by atoms with Gasteiger partial charge in [-0.3, -0.25) is 4.79 Å². The molecule has 0 bridgehead atoms. The zero-order chi connectivity index (χ0) is 11.8. The zero-order valence-corrected chi connectivity index (χ0v) is 10.4. The molecule has 0 saturated carbocycles. The van der Waals surface area contributed by atoms with Gasteiger partial charge in [-0.2, -0.15) is 0 Å². The molecule has 2 heterocycles. The lowest BCUT2D eigenvalue weighted by atomic mass is 10.1. The second kappa shape index (κ2) is 4.05. The number of aromatic nitrogens is 1. The van der Waals surface area contributed by atoms with Crippen LogP contribution in [0, 0.1) is 0 Å². The van der Waals surface area contributed by atoms with Crippen molar-refractivity contribution in [3.8, 4) is 0 Å². The lowest BCUT2D eigenvalue weighted by molar-refractivity contribution is -0.115. The van der Waals surface area contributed by atoms with E-state index in [2.05, 4.69) is 10.3 Å². The highest BCUT2D eigenvalue weighted by molar-refractivity contribution is 8.01. The Morgan fingerprint density at radius 2 is 2.35 bits per heavy atom. The number of fused-ring (bicyclic) bond motifs is 1. The molecular weight excluding hydrogens is 254 g/mol. The van der Waals surface area contributed by atoms with Crippen molar-refractivity contribution in [3.63, 3.8) is 0 Å². The summed E-state index contributed by atoms with van der Waals surface area (Å²) in [7, 11) is 0. The molecule has 0 spiro atoms. The molecule has 1 aliphatic heterocycles. The quantitative estimate of drug-likeness (QED) is 0.816. The molecule has 1 amide bonds. The van der Waals surface area contributed by atoms with E-state index in [1.807, 2.05) is 17.5 Å². The van der Waals surface area contributed by atoms with Crippen molar-refractivity contribution in [1.82, 2.24) is 4.98 Å². The topological polar surface area (TPSA) is 68.0 Å². The summed E-state index contributed by atoms with van der Waals surface area (Å²) in [6.45, 7) is 0. The summed E-state index contributed by atoms with van der Waals surface area (Å²) in [5.41, 5.74) is 8.50. The van der Waals surface area contributed by atoms with Crippen LogP contribution < -0.4 is 11.1 Å². The number of nitrogens with two attached hydrogens (primary N) is 1. The molecule has 1 aromatic carbocycles. The van der Waals surface area contributed by atoms with Crippen molar-refractivity contribution in [1.29, 1.82) is 0 Å². The second-order valence-corrected chi connectivity index (χ2v) is 5.86. The van der Waals surface area contributed by atoms with Crippen molar-refractivity contribution in [2.45, 2.75) is 15.7 Å². The van der Waals surface area contributed by atoms with Gasteiger partial charge in [-0.05, 0) is 17.7 Å². The van der Waals surface area contributed by atoms with Crippen molar-refractivity contribution in [2.24, 2.45) is 0 Å². The largest absolute Gasteiger partial charge is 0.398 e. The summed E-state index contributed by atoms with van der Waals surface area (Å²) in [6, 6.07) is 3.78. The number of carbonyl (C=O) groups is 1. The molecule has 3 N–H and O–H groups in total. The van der Waals surface area contributed by atoms with Gasteiger partial charge in [0.1, 0.15) is 0 Å². The Hall–Kier alpha value is -1.53. The minimum Gasteiger partial charge on any atom is -0.398 e. The first-order valence-electron chi connectivity index (χ1n) is 5.02. The van der Waals surface area contributed by atoms with Crippen LogP contribution in [0.2, 0.25) is 0 Å². The van der Waals surface area contributed by atoms with Gasteiger partial charge >= 0.3 is 0 Å². The Kier molecular flexibility index (Phi) is 2.53. The minimum atomic E-state index is 0.0239. The third-order valence-corrected chi connectivity index (χ3v) is 4.42. The van der Waals surface area contributed by atoms with Gasteiger partial charge in [0.05, 0.1) is 6.42 Å². The first-order chi connectivity index (χ1) is 8.22. The standard InChI is InChI=1S/C11H9N3OS2/c12-7-3-6-4-10(15)14-8(6)5-9(7)17-11-13-1-2-16-11/h1-3,5H,4,12H2,(H,14,15). The molecule has 1 aliphatic rings. The van der Waals surface area contributed by atoms with Crippen LogP contribution >= 0.6 is 23.1 Å². The SMILES string of the molecule is Nc1cc2c(cc1Sc1nccs1)NC(=O)C2. The van der Waals surface area contributed by atoms with E-state index in [1.165, 1.54) is 11.8 Å². The highest BCUT2D eigenvalue weighted by Crippen LogP contribution is 2.38. The number of anilines is 2. The maximum atomic E-state index is 11.3. The smallest absolute Gasteiger partial charge is 0.228 e. The Labute approximate surface area is 106 Å². The Morgan fingerprint density at radius 1 is 1.47 bits per heavy atom. The van der Waals surface area contributed by atoms with Crippen LogP contribution in [0.3, 0.4) is 0 Å². The van der Waals surface area contributed by atoms with Gasteiger partial charge in [0, 0.05) is 27.8 Å². The molecule has 2 aromatic rings. The normalized spacial score (nSPS) is 13.5. The number of hydrogen-bond donors (Lipinski definition) is 2.